The first-order valence-corrected chi connectivity index (χ1v) is 6.33. The number of rotatable bonds is 2. The Morgan fingerprint density at radius 1 is 1.36 bits per heavy atom. The van der Waals surface area contributed by atoms with Crippen LogP contribution >= 0.6 is 11.5 Å². The fourth-order valence-corrected chi connectivity index (χ4v) is 3.00. The van der Waals surface area contributed by atoms with E-state index in [2.05, 4.69) is 28.2 Å². The number of nitrogens with one attached hydrogen (secondary N) is 1. The van der Waals surface area contributed by atoms with Gasteiger partial charge in [-0.2, -0.15) is 4.37 Å². The van der Waals surface area contributed by atoms with Gasteiger partial charge in [0.05, 0.1) is 5.69 Å². The predicted octanol–water partition coefficient (Wildman–Crippen LogP) is 2.78. The lowest BCUT2D eigenvalue weighted by Crippen LogP contribution is -2.31. The van der Waals surface area contributed by atoms with Crippen molar-refractivity contribution >= 4 is 11.5 Å². The average Bonchev–Trinajstić information content (AvgIpc) is 2.63. The molecule has 0 saturated heterocycles. The molecule has 3 heteroatoms. The van der Waals surface area contributed by atoms with Crippen molar-refractivity contribution in [2.24, 2.45) is 0 Å². The zero-order valence-corrected chi connectivity index (χ0v) is 9.52. The van der Waals surface area contributed by atoms with Crippen LogP contribution in [0.25, 0.3) is 0 Å². The number of likely N-dealkylation sites (N-methyl/N-ethyl adjacent to an activating group) is 1. The van der Waals surface area contributed by atoms with E-state index in [0.717, 1.165) is 0 Å². The van der Waals surface area contributed by atoms with Crippen LogP contribution in [-0.4, -0.2) is 17.5 Å². The SMILES string of the molecule is CNC1CCCCCC1c1ccsn1. The fourth-order valence-electron chi connectivity index (χ4n) is 2.42. The standard InChI is InChI=1S/C11H18N2S/c1-12-10-6-4-2-3-5-9(10)11-7-8-14-13-11/h7-10,12H,2-6H2,1H3. The van der Waals surface area contributed by atoms with E-state index in [1.165, 1.54) is 37.8 Å². The molecule has 1 aliphatic carbocycles. The van der Waals surface area contributed by atoms with E-state index in [1.807, 2.05) is 0 Å². The molecule has 1 aromatic rings. The van der Waals surface area contributed by atoms with E-state index < -0.39 is 0 Å². The van der Waals surface area contributed by atoms with Crippen LogP contribution in [0, 0.1) is 0 Å². The predicted molar refractivity (Wildman–Crippen MR) is 60.8 cm³/mol. The molecule has 1 aliphatic rings. The molecule has 2 rings (SSSR count). The van der Waals surface area contributed by atoms with Gasteiger partial charge < -0.3 is 5.32 Å². The summed E-state index contributed by atoms with van der Waals surface area (Å²) in [6, 6.07) is 2.82. The summed E-state index contributed by atoms with van der Waals surface area (Å²) in [5.74, 6) is 0.647. The summed E-state index contributed by atoms with van der Waals surface area (Å²) < 4.78 is 4.48. The molecule has 1 heterocycles. The number of aromatic nitrogens is 1. The molecule has 78 valence electrons. The van der Waals surface area contributed by atoms with Crippen molar-refractivity contribution in [3.8, 4) is 0 Å². The van der Waals surface area contributed by atoms with Gasteiger partial charge in [0.25, 0.3) is 0 Å². The van der Waals surface area contributed by atoms with Gasteiger partial charge in [0.15, 0.2) is 0 Å². The van der Waals surface area contributed by atoms with Gasteiger partial charge in [0, 0.05) is 17.3 Å². The highest BCUT2D eigenvalue weighted by atomic mass is 32.1. The third-order valence-corrected chi connectivity index (χ3v) is 3.80. The number of nitrogens with zero attached hydrogens (tertiary/aromatic N) is 1. The van der Waals surface area contributed by atoms with Crippen molar-refractivity contribution in [1.29, 1.82) is 0 Å². The molecule has 1 aromatic heterocycles. The lowest BCUT2D eigenvalue weighted by molar-refractivity contribution is 0.434. The molecule has 1 N–H and O–H groups in total. The maximum absolute atomic E-state index is 4.48. The van der Waals surface area contributed by atoms with Crippen LogP contribution in [0.3, 0.4) is 0 Å². The molecule has 0 spiro atoms. The van der Waals surface area contributed by atoms with E-state index in [4.69, 9.17) is 0 Å². The fraction of sp³-hybridized carbons (Fsp3) is 0.727. The van der Waals surface area contributed by atoms with Crippen molar-refractivity contribution in [1.82, 2.24) is 9.69 Å². The molecule has 1 fully saturated rings. The van der Waals surface area contributed by atoms with Crippen LogP contribution in [0.5, 0.6) is 0 Å². The Morgan fingerprint density at radius 3 is 2.93 bits per heavy atom. The van der Waals surface area contributed by atoms with Gasteiger partial charge >= 0.3 is 0 Å². The molecule has 2 nitrogen and oxygen atoms in total. The summed E-state index contributed by atoms with van der Waals surface area (Å²) >= 11 is 1.57. The summed E-state index contributed by atoms with van der Waals surface area (Å²) in [4.78, 5) is 0. The van der Waals surface area contributed by atoms with Crippen molar-refractivity contribution in [2.75, 3.05) is 7.05 Å². The van der Waals surface area contributed by atoms with Crippen LogP contribution in [-0.2, 0) is 0 Å². The first-order chi connectivity index (χ1) is 6.92. The minimum Gasteiger partial charge on any atom is -0.316 e. The molecule has 0 radical (unpaired) electrons. The minimum absolute atomic E-state index is 0.639. The van der Waals surface area contributed by atoms with E-state index in [-0.39, 0.29) is 0 Å². The van der Waals surface area contributed by atoms with E-state index >= 15 is 0 Å². The van der Waals surface area contributed by atoms with Crippen LogP contribution in [0.4, 0.5) is 0 Å². The van der Waals surface area contributed by atoms with Gasteiger partial charge in [0.1, 0.15) is 0 Å². The van der Waals surface area contributed by atoms with E-state index in [9.17, 15) is 0 Å². The number of hydrogen-bond donors (Lipinski definition) is 1. The highest BCUT2D eigenvalue weighted by molar-refractivity contribution is 7.03. The van der Waals surface area contributed by atoms with Crippen LogP contribution in [0.15, 0.2) is 11.4 Å². The maximum atomic E-state index is 4.48. The molecular weight excluding hydrogens is 192 g/mol. The Hall–Kier alpha value is -0.410. The molecule has 2 atom stereocenters. The first-order valence-electron chi connectivity index (χ1n) is 5.49. The highest BCUT2D eigenvalue weighted by Crippen LogP contribution is 2.31. The molecular formula is C11H18N2S. The topological polar surface area (TPSA) is 24.9 Å². The zero-order valence-electron chi connectivity index (χ0n) is 8.70. The lowest BCUT2D eigenvalue weighted by atomic mass is 9.92. The van der Waals surface area contributed by atoms with Crippen molar-refractivity contribution in [2.45, 2.75) is 44.1 Å². The zero-order chi connectivity index (χ0) is 9.80. The van der Waals surface area contributed by atoms with Gasteiger partial charge in [-0.05, 0) is 37.5 Å². The third kappa shape index (κ3) is 2.15. The highest BCUT2D eigenvalue weighted by Gasteiger charge is 2.24. The molecule has 14 heavy (non-hydrogen) atoms. The molecule has 0 aliphatic heterocycles. The summed E-state index contributed by atoms with van der Waals surface area (Å²) in [6.45, 7) is 0. The largest absolute Gasteiger partial charge is 0.316 e. The Labute approximate surface area is 89.9 Å². The second-order valence-corrected chi connectivity index (χ2v) is 4.73. The molecule has 0 amide bonds. The van der Waals surface area contributed by atoms with Crippen LogP contribution in [0.1, 0.15) is 43.7 Å². The monoisotopic (exact) mass is 210 g/mol. The van der Waals surface area contributed by atoms with Crippen molar-refractivity contribution in [3.05, 3.63) is 17.1 Å². The van der Waals surface area contributed by atoms with E-state index in [0.29, 0.717) is 12.0 Å². The minimum atomic E-state index is 0.639. The van der Waals surface area contributed by atoms with Gasteiger partial charge in [-0.25, -0.2) is 0 Å². The average molecular weight is 210 g/mol. The summed E-state index contributed by atoms with van der Waals surface area (Å²) in [7, 11) is 2.08. The normalized spacial score (nSPS) is 28.6. The van der Waals surface area contributed by atoms with Crippen molar-refractivity contribution < 1.29 is 0 Å². The first kappa shape index (κ1) is 10.1. The summed E-state index contributed by atoms with van der Waals surface area (Å²) in [5.41, 5.74) is 1.30. The summed E-state index contributed by atoms with van der Waals surface area (Å²) in [6.07, 6.45) is 6.72. The molecule has 0 aromatic carbocycles. The summed E-state index contributed by atoms with van der Waals surface area (Å²) in [5, 5.41) is 5.54. The van der Waals surface area contributed by atoms with Gasteiger partial charge in [0.2, 0.25) is 0 Å². The van der Waals surface area contributed by atoms with Gasteiger partial charge in [-0.1, -0.05) is 19.3 Å². The second-order valence-electron chi connectivity index (χ2n) is 4.06. The molecule has 0 bridgehead atoms. The van der Waals surface area contributed by atoms with Gasteiger partial charge in [-0.3, -0.25) is 0 Å². The number of hydrogen-bond acceptors (Lipinski definition) is 3. The van der Waals surface area contributed by atoms with Crippen molar-refractivity contribution in [3.63, 3.8) is 0 Å². The Bertz CT molecular complexity index is 258. The lowest BCUT2D eigenvalue weighted by Gasteiger charge is -2.22. The Kier molecular flexibility index (Phi) is 3.54. The van der Waals surface area contributed by atoms with E-state index in [1.54, 1.807) is 11.5 Å². The molecule has 1 saturated carbocycles. The quantitative estimate of drug-likeness (QED) is 0.759. The smallest absolute Gasteiger partial charge is 0.0588 e. The van der Waals surface area contributed by atoms with Crippen LogP contribution in [0.2, 0.25) is 0 Å². The van der Waals surface area contributed by atoms with Crippen LogP contribution < -0.4 is 5.32 Å². The Balaban J connectivity index is 2.12. The maximum Gasteiger partial charge on any atom is 0.0588 e. The molecule has 2 unspecified atom stereocenters. The third-order valence-electron chi connectivity index (χ3n) is 3.22. The second kappa shape index (κ2) is 4.89. The van der Waals surface area contributed by atoms with Gasteiger partial charge in [-0.15, -0.1) is 0 Å². The Morgan fingerprint density at radius 2 is 2.21 bits per heavy atom.